The lowest BCUT2D eigenvalue weighted by molar-refractivity contribution is -0.139. The standard InChI is InChI=1S/C20H26Cl2N6O6S/c21-13-5-3-6-14(22)17(13)35(32,33)28-15(19(30)31)11-26-18(29)16-10-12(27-34-16)4-1-2-7-23-20-24-8-9-25-20/h3,5-6,8-9,12,15-16,27-28H,1-2,4,7,10-11H2,(H,26,29)(H,30,31)(H2,23,24,25). The third-order valence-corrected chi connectivity index (χ3v) is 7.63. The van der Waals surface area contributed by atoms with Crippen molar-refractivity contribution >= 4 is 51.0 Å². The molecule has 0 spiro atoms. The average Bonchev–Trinajstić information content (AvgIpc) is 3.48. The lowest BCUT2D eigenvalue weighted by atomic mass is 10.0. The molecule has 0 radical (unpaired) electrons. The summed E-state index contributed by atoms with van der Waals surface area (Å²) in [6.07, 6.45) is 5.52. The van der Waals surface area contributed by atoms with Gasteiger partial charge in [-0.15, -0.1) is 0 Å². The van der Waals surface area contributed by atoms with Crippen LogP contribution in [0.4, 0.5) is 5.95 Å². The van der Waals surface area contributed by atoms with Crippen LogP contribution in [0.2, 0.25) is 10.0 Å². The molecule has 6 N–H and O–H groups in total. The van der Waals surface area contributed by atoms with Crippen LogP contribution in [0.3, 0.4) is 0 Å². The Morgan fingerprint density at radius 3 is 2.66 bits per heavy atom. The molecule has 3 unspecified atom stereocenters. The first-order chi connectivity index (χ1) is 16.7. The van der Waals surface area contributed by atoms with Crippen LogP contribution in [0.5, 0.6) is 0 Å². The molecule has 0 saturated carbocycles. The van der Waals surface area contributed by atoms with Crippen LogP contribution in [0, 0.1) is 0 Å². The number of hydroxylamine groups is 1. The van der Waals surface area contributed by atoms with Crippen LogP contribution in [0.25, 0.3) is 0 Å². The van der Waals surface area contributed by atoms with E-state index < -0.39 is 45.5 Å². The van der Waals surface area contributed by atoms with Crippen molar-refractivity contribution < 1.29 is 28.0 Å². The number of amides is 1. The van der Waals surface area contributed by atoms with E-state index in [0.29, 0.717) is 12.4 Å². The number of H-pyrrole nitrogens is 1. The number of benzene rings is 1. The molecular weight excluding hydrogens is 523 g/mol. The zero-order valence-corrected chi connectivity index (χ0v) is 20.8. The molecule has 1 aromatic carbocycles. The number of carboxylic acid groups (broad SMARTS) is 1. The molecular formula is C20H26Cl2N6O6S. The number of anilines is 1. The van der Waals surface area contributed by atoms with Gasteiger partial charge in [-0.05, 0) is 25.0 Å². The van der Waals surface area contributed by atoms with Crippen LogP contribution >= 0.6 is 23.2 Å². The van der Waals surface area contributed by atoms with Crippen LogP contribution in [0.15, 0.2) is 35.5 Å². The number of nitrogens with one attached hydrogen (secondary N) is 5. The first-order valence-corrected chi connectivity index (χ1v) is 13.0. The summed E-state index contributed by atoms with van der Waals surface area (Å²) in [5, 5.41) is 14.7. The fourth-order valence-corrected chi connectivity index (χ4v) is 5.77. The van der Waals surface area contributed by atoms with E-state index in [1.165, 1.54) is 18.2 Å². The number of aromatic amines is 1. The van der Waals surface area contributed by atoms with Crippen molar-refractivity contribution in [2.24, 2.45) is 0 Å². The maximum atomic E-state index is 12.6. The largest absolute Gasteiger partial charge is 0.480 e. The van der Waals surface area contributed by atoms with Gasteiger partial charge in [0.15, 0.2) is 12.1 Å². The quantitative estimate of drug-likeness (QED) is 0.202. The number of carbonyl (C=O) groups is 2. The lowest BCUT2D eigenvalue weighted by Gasteiger charge is -2.17. The summed E-state index contributed by atoms with van der Waals surface area (Å²) in [7, 11) is -4.37. The molecule has 1 aromatic heterocycles. The van der Waals surface area contributed by atoms with Gasteiger partial charge in [0.25, 0.3) is 5.91 Å². The van der Waals surface area contributed by atoms with Gasteiger partial charge in [0, 0.05) is 37.9 Å². The van der Waals surface area contributed by atoms with E-state index in [0.717, 1.165) is 25.8 Å². The number of rotatable bonds is 13. The second kappa shape index (κ2) is 12.5. The van der Waals surface area contributed by atoms with Gasteiger partial charge in [-0.1, -0.05) is 35.7 Å². The van der Waals surface area contributed by atoms with Crippen molar-refractivity contribution in [2.75, 3.05) is 18.4 Å². The Labute approximate surface area is 212 Å². The maximum Gasteiger partial charge on any atom is 0.323 e. The van der Waals surface area contributed by atoms with Gasteiger partial charge < -0.3 is 20.7 Å². The second-order valence-electron chi connectivity index (χ2n) is 7.83. The maximum absolute atomic E-state index is 12.6. The van der Waals surface area contributed by atoms with Crippen molar-refractivity contribution in [2.45, 2.75) is 48.8 Å². The van der Waals surface area contributed by atoms with Gasteiger partial charge in [-0.2, -0.15) is 10.2 Å². The molecule has 1 aliphatic rings. The highest BCUT2D eigenvalue weighted by molar-refractivity contribution is 7.89. The van der Waals surface area contributed by atoms with Gasteiger partial charge in [-0.3, -0.25) is 14.4 Å². The summed E-state index contributed by atoms with van der Waals surface area (Å²) in [4.78, 5) is 36.0. The fraction of sp³-hybridized carbons (Fsp3) is 0.450. The molecule has 0 bridgehead atoms. The predicted molar refractivity (Wildman–Crippen MR) is 129 cm³/mol. The van der Waals surface area contributed by atoms with Gasteiger partial charge in [-0.25, -0.2) is 13.4 Å². The first kappa shape index (κ1) is 27.2. The Bertz CT molecular complexity index is 1100. The molecule has 192 valence electrons. The highest BCUT2D eigenvalue weighted by Crippen LogP contribution is 2.28. The average molecular weight is 549 g/mol. The second-order valence-corrected chi connectivity index (χ2v) is 10.3. The monoisotopic (exact) mass is 548 g/mol. The lowest BCUT2D eigenvalue weighted by Crippen LogP contribution is -2.50. The number of hydrogen-bond acceptors (Lipinski definition) is 8. The smallest absolute Gasteiger partial charge is 0.323 e. The zero-order chi connectivity index (χ0) is 25.4. The van der Waals surface area contributed by atoms with E-state index in [4.69, 9.17) is 28.0 Å². The third kappa shape index (κ3) is 7.78. The minimum atomic E-state index is -4.37. The number of carboxylic acids is 1. The van der Waals surface area contributed by atoms with Gasteiger partial charge in [0.1, 0.15) is 10.9 Å². The number of carbonyl (C=O) groups excluding carboxylic acids is 1. The SMILES string of the molecule is O=C(O)C(CNC(=O)C1CC(CCCCNc2ncc[nH]2)NO1)NS(=O)(=O)c1c(Cl)cccc1Cl. The van der Waals surface area contributed by atoms with Crippen molar-refractivity contribution in [1.29, 1.82) is 0 Å². The van der Waals surface area contributed by atoms with Gasteiger partial charge in [0.05, 0.1) is 10.0 Å². The number of nitrogens with zero attached hydrogens (tertiary/aromatic N) is 1. The van der Waals surface area contributed by atoms with Crippen LogP contribution < -0.4 is 20.8 Å². The van der Waals surface area contributed by atoms with E-state index in [1.807, 2.05) is 4.72 Å². The van der Waals surface area contributed by atoms with Crippen LogP contribution in [-0.2, 0) is 24.4 Å². The summed E-state index contributed by atoms with van der Waals surface area (Å²) < 4.78 is 27.3. The van der Waals surface area contributed by atoms with E-state index in [9.17, 15) is 23.1 Å². The highest BCUT2D eigenvalue weighted by atomic mass is 35.5. The third-order valence-electron chi connectivity index (χ3n) is 5.20. The Hall–Kier alpha value is -2.42. The van der Waals surface area contributed by atoms with E-state index in [1.54, 1.807) is 12.4 Å². The number of sulfonamides is 1. The Kier molecular flexibility index (Phi) is 9.71. The molecule has 3 rings (SSSR count). The number of aliphatic carboxylic acids is 1. The minimum absolute atomic E-state index is 0.0366. The molecule has 1 amide bonds. The van der Waals surface area contributed by atoms with Crippen LogP contribution in [0.1, 0.15) is 25.7 Å². The Morgan fingerprint density at radius 2 is 2.00 bits per heavy atom. The Morgan fingerprint density at radius 1 is 1.26 bits per heavy atom. The summed E-state index contributed by atoms with van der Waals surface area (Å²) in [5.74, 6) is -1.33. The summed E-state index contributed by atoms with van der Waals surface area (Å²) in [5.41, 5.74) is 2.82. The number of hydrogen-bond donors (Lipinski definition) is 6. The van der Waals surface area contributed by atoms with Crippen molar-refractivity contribution in [3.8, 4) is 0 Å². The summed E-state index contributed by atoms with van der Waals surface area (Å²) >= 11 is 11.9. The van der Waals surface area contributed by atoms with E-state index in [2.05, 4.69) is 26.1 Å². The first-order valence-electron chi connectivity index (χ1n) is 10.8. The van der Waals surface area contributed by atoms with Gasteiger partial charge in [0.2, 0.25) is 10.0 Å². The molecule has 1 fully saturated rings. The number of aromatic nitrogens is 2. The minimum Gasteiger partial charge on any atom is -0.480 e. The summed E-state index contributed by atoms with van der Waals surface area (Å²) in [6, 6.07) is 2.40. The van der Waals surface area contributed by atoms with Crippen molar-refractivity contribution in [3.63, 3.8) is 0 Å². The molecule has 1 aliphatic heterocycles. The van der Waals surface area contributed by atoms with E-state index in [-0.39, 0.29) is 16.1 Å². The molecule has 2 aromatic rings. The van der Waals surface area contributed by atoms with Crippen LogP contribution in [-0.4, -0.2) is 66.6 Å². The topological polar surface area (TPSA) is 175 Å². The van der Waals surface area contributed by atoms with E-state index >= 15 is 0 Å². The molecule has 35 heavy (non-hydrogen) atoms. The molecule has 1 saturated heterocycles. The molecule has 2 heterocycles. The predicted octanol–water partition coefficient (Wildman–Crippen LogP) is 1.51. The van der Waals surface area contributed by atoms with Crippen molar-refractivity contribution in [3.05, 3.63) is 40.6 Å². The number of imidazole rings is 1. The highest BCUT2D eigenvalue weighted by Gasteiger charge is 2.33. The molecule has 0 aliphatic carbocycles. The van der Waals surface area contributed by atoms with Gasteiger partial charge >= 0.3 is 5.97 Å². The molecule has 12 nitrogen and oxygen atoms in total. The van der Waals surface area contributed by atoms with Crippen molar-refractivity contribution in [1.82, 2.24) is 25.5 Å². The number of unbranched alkanes of at least 4 members (excludes halogenated alkanes) is 1. The Balaban J connectivity index is 1.43. The summed E-state index contributed by atoms with van der Waals surface area (Å²) in [6.45, 7) is 0.245. The molecule has 15 heteroatoms. The fourth-order valence-electron chi connectivity index (χ4n) is 3.44. The number of halogens is 2. The molecule has 3 atom stereocenters. The zero-order valence-electron chi connectivity index (χ0n) is 18.5. The normalized spacial score (nSPS) is 18.8.